The summed E-state index contributed by atoms with van der Waals surface area (Å²) in [5.41, 5.74) is 4.36. The molecular weight excluding hydrogens is 395 g/mol. The molecule has 0 bridgehead atoms. The number of benzene rings is 2. The summed E-state index contributed by atoms with van der Waals surface area (Å²) in [6.45, 7) is 7.79. The molecule has 0 saturated carbocycles. The monoisotopic (exact) mass is 422 g/mol. The lowest BCUT2D eigenvalue weighted by molar-refractivity contribution is -0.123. The second-order valence-corrected chi connectivity index (χ2v) is 8.01. The maximum atomic E-state index is 13.9. The molecule has 31 heavy (non-hydrogen) atoms. The van der Waals surface area contributed by atoms with Crippen molar-refractivity contribution in [2.75, 3.05) is 0 Å². The Morgan fingerprint density at radius 3 is 2.39 bits per heavy atom. The van der Waals surface area contributed by atoms with Crippen LogP contribution in [0.3, 0.4) is 0 Å². The van der Waals surface area contributed by atoms with Crippen LogP contribution in [0.2, 0.25) is 0 Å². The topological polar surface area (TPSA) is 75.5 Å². The Bertz CT molecular complexity index is 1120. The molecular formula is C24H27FN4O2. The first kappa shape index (κ1) is 22.2. The molecule has 0 unspecified atom stereocenters. The Hall–Kier alpha value is -3.48. The van der Waals surface area contributed by atoms with Crippen molar-refractivity contribution in [1.82, 2.24) is 15.3 Å². The molecule has 0 fully saturated rings. The van der Waals surface area contributed by atoms with E-state index in [2.05, 4.69) is 34.3 Å². The van der Waals surface area contributed by atoms with E-state index in [4.69, 9.17) is 0 Å². The molecule has 0 aliphatic carbocycles. The predicted molar refractivity (Wildman–Crippen MR) is 121 cm³/mol. The van der Waals surface area contributed by atoms with Gasteiger partial charge in [-0.3, -0.25) is 9.59 Å². The van der Waals surface area contributed by atoms with E-state index in [9.17, 15) is 14.0 Å². The molecule has 7 heteroatoms. The van der Waals surface area contributed by atoms with Crippen LogP contribution in [-0.4, -0.2) is 28.6 Å². The molecule has 2 N–H and O–H groups in total. The molecule has 0 aliphatic rings. The predicted octanol–water partition coefficient (Wildman–Crippen LogP) is 4.27. The van der Waals surface area contributed by atoms with E-state index in [-0.39, 0.29) is 17.5 Å². The molecule has 1 atom stereocenters. The van der Waals surface area contributed by atoms with E-state index in [0.29, 0.717) is 0 Å². The lowest BCUT2D eigenvalue weighted by Gasteiger charge is -2.20. The molecule has 6 nitrogen and oxygen atoms in total. The van der Waals surface area contributed by atoms with Gasteiger partial charge < -0.3 is 9.88 Å². The largest absolute Gasteiger partial charge is 0.344 e. The maximum Gasteiger partial charge on any atom is 0.262 e. The molecule has 0 saturated heterocycles. The number of aromatic nitrogens is 1. The summed E-state index contributed by atoms with van der Waals surface area (Å²) in [7, 11) is 0. The summed E-state index contributed by atoms with van der Waals surface area (Å²) < 4.78 is 16.0. The molecule has 2 aromatic carbocycles. The van der Waals surface area contributed by atoms with Gasteiger partial charge >= 0.3 is 0 Å². The number of amides is 2. The van der Waals surface area contributed by atoms with Gasteiger partial charge in [0.1, 0.15) is 11.9 Å². The first-order valence-electron chi connectivity index (χ1n) is 10.3. The van der Waals surface area contributed by atoms with Crippen molar-refractivity contribution in [3.05, 3.63) is 71.7 Å². The zero-order valence-corrected chi connectivity index (χ0v) is 18.1. The molecule has 3 aromatic rings. The zero-order valence-electron chi connectivity index (χ0n) is 18.1. The SMILES string of the molecule is CC(C)[C@H](NC(=O)c1ccccc1F)C(=O)N/N=C\c1cn(C(C)C)c2ccccc12. The van der Waals surface area contributed by atoms with Crippen LogP contribution >= 0.6 is 0 Å². The van der Waals surface area contributed by atoms with E-state index in [1.54, 1.807) is 26.1 Å². The van der Waals surface area contributed by atoms with Crippen LogP contribution in [0.25, 0.3) is 10.9 Å². The first-order valence-corrected chi connectivity index (χ1v) is 10.3. The van der Waals surface area contributed by atoms with Crippen LogP contribution in [0.1, 0.15) is 49.7 Å². The first-order chi connectivity index (χ1) is 14.8. The summed E-state index contributed by atoms with van der Waals surface area (Å²) in [5, 5.41) is 7.73. The third-order valence-electron chi connectivity index (χ3n) is 5.06. The highest BCUT2D eigenvalue weighted by Crippen LogP contribution is 2.23. The van der Waals surface area contributed by atoms with E-state index in [1.807, 2.05) is 30.5 Å². The van der Waals surface area contributed by atoms with Gasteiger partial charge in [0.2, 0.25) is 0 Å². The number of carbonyl (C=O) groups is 2. The molecule has 0 spiro atoms. The lowest BCUT2D eigenvalue weighted by Crippen LogP contribution is -2.48. The standard InChI is InChI=1S/C24H27FN4O2/c1-15(2)22(27-23(30)19-10-5-7-11-20(19)25)24(31)28-26-13-17-14-29(16(3)4)21-12-8-6-9-18(17)21/h5-16,22H,1-4H3,(H,27,30)(H,28,31)/b26-13-/t22-/m0/s1. The van der Waals surface area contributed by atoms with Crippen LogP contribution in [0, 0.1) is 11.7 Å². The third-order valence-corrected chi connectivity index (χ3v) is 5.06. The smallest absolute Gasteiger partial charge is 0.262 e. The van der Waals surface area contributed by atoms with E-state index >= 15 is 0 Å². The van der Waals surface area contributed by atoms with Gasteiger partial charge in [0.25, 0.3) is 11.8 Å². The number of rotatable bonds is 7. The van der Waals surface area contributed by atoms with Crippen molar-refractivity contribution in [2.24, 2.45) is 11.0 Å². The number of hydrazone groups is 1. The number of carbonyl (C=O) groups excluding carboxylic acids is 2. The molecule has 1 aromatic heterocycles. The highest BCUT2D eigenvalue weighted by molar-refractivity contribution is 6.00. The average Bonchev–Trinajstić information content (AvgIpc) is 3.11. The fraction of sp³-hybridized carbons (Fsp3) is 0.292. The second-order valence-electron chi connectivity index (χ2n) is 8.01. The number of fused-ring (bicyclic) bond motifs is 1. The molecule has 3 rings (SSSR count). The van der Waals surface area contributed by atoms with Crippen LogP contribution < -0.4 is 10.7 Å². The summed E-state index contributed by atoms with van der Waals surface area (Å²) in [6, 6.07) is 13.1. The van der Waals surface area contributed by atoms with Crippen molar-refractivity contribution in [3.63, 3.8) is 0 Å². The van der Waals surface area contributed by atoms with Gasteiger partial charge in [0.05, 0.1) is 11.8 Å². The number of nitrogens with zero attached hydrogens (tertiary/aromatic N) is 2. The lowest BCUT2D eigenvalue weighted by atomic mass is 10.0. The quantitative estimate of drug-likeness (QED) is 0.441. The molecule has 162 valence electrons. The number of nitrogens with one attached hydrogen (secondary N) is 2. The Kier molecular flexibility index (Phi) is 6.84. The van der Waals surface area contributed by atoms with E-state index < -0.39 is 23.7 Å². The summed E-state index contributed by atoms with van der Waals surface area (Å²) in [5.74, 6) is -1.96. The van der Waals surface area contributed by atoms with Gasteiger partial charge in [-0.2, -0.15) is 5.10 Å². The normalized spacial score (nSPS) is 12.6. The van der Waals surface area contributed by atoms with Gasteiger partial charge in [-0.1, -0.05) is 44.2 Å². The minimum Gasteiger partial charge on any atom is -0.344 e. The van der Waals surface area contributed by atoms with Crippen molar-refractivity contribution >= 4 is 28.9 Å². The van der Waals surface area contributed by atoms with Crippen molar-refractivity contribution < 1.29 is 14.0 Å². The van der Waals surface area contributed by atoms with Crippen LogP contribution in [-0.2, 0) is 4.79 Å². The third kappa shape index (κ3) is 4.99. The number of para-hydroxylation sites is 1. The van der Waals surface area contributed by atoms with Gasteiger partial charge in [-0.25, -0.2) is 9.82 Å². The van der Waals surface area contributed by atoms with Crippen molar-refractivity contribution in [3.8, 4) is 0 Å². The molecule has 1 heterocycles. The van der Waals surface area contributed by atoms with Gasteiger partial charge in [0.15, 0.2) is 0 Å². The highest BCUT2D eigenvalue weighted by Gasteiger charge is 2.25. The number of hydrogen-bond acceptors (Lipinski definition) is 3. The maximum absolute atomic E-state index is 13.9. The van der Waals surface area contributed by atoms with Crippen LogP contribution in [0.15, 0.2) is 59.8 Å². The minimum atomic E-state index is -0.860. The van der Waals surface area contributed by atoms with Crippen LogP contribution in [0.5, 0.6) is 0 Å². The average molecular weight is 423 g/mol. The van der Waals surface area contributed by atoms with Crippen molar-refractivity contribution in [1.29, 1.82) is 0 Å². The van der Waals surface area contributed by atoms with E-state index in [1.165, 1.54) is 18.2 Å². The second kappa shape index (κ2) is 9.55. The molecule has 2 amide bonds. The Morgan fingerprint density at radius 2 is 1.71 bits per heavy atom. The summed E-state index contributed by atoms with van der Waals surface area (Å²) in [4.78, 5) is 25.1. The minimum absolute atomic E-state index is 0.106. The summed E-state index contributed by atoms with van der Waals surface area (Å²) >= 11 is 0. The number of halogens is 1. The molecule has 0 aliphatic heterocycles. The van der Waals surface area contributed by atoms with Gasteiger partial charge in [-0.15, -0.1) is 0 Å². The van der Waals surface area contributed by atoms with Crippen molar-refractivity contribution in [2.45, 2.75) is 39.8 Å². The Balaban J connectivity index is 1.74. The Labute approximate surface area is 181 Å². The fourth-order valence-electron chi connectivity index (χ4n) is 3.40. The molecule has 0 radical (unpaired) electrons. The Morgan fingerprint density at radius 1 is 1.03 bits per heavy atom. The fourth-order valence-corrected chi connectivity index (χ4v) is 3.40. The summed E-state index contributed by atoms with van der Waals surface area (Å²) in [6.07, 6.45) is 3.58. The number of hydrogen-bond donors (Lipinski definition) is 2. The van der Waals surface area contributed by atoms with Gasteiger partial charge in [0, 0.05) is 28.7 Å². The van der Waals surface area contributed by atoms with Gasteiger partial charge in [-0.05, 0) is 38.0 Å². The zero-order chi connectivity index (χ0) is 22.5. The van der Waals surface area contributed by atoms with Crippen LogP contribution in [0.4, 0.5) is 4.39 Å². The highest BCUT2D eigenvalue weighted by atomic mass is 19.1. The van der Waals surface area contributed by atoms with E-state index in [0.717, 1.165) is 16.5 Å².